The Hall–Kier alpha value is -2.37. The van der Waals surface area contributed by atoms with Gasteiger partial charge in [-0.1, -0.05) is 62.2 Å². The summed E-state index contributed by atoms with van der Waals surface area (Å²) in [6.45, 7) is 3.64. The van der Waals surface area contributed by atoms with E-state index >= 15 is 0 Å². The van der Waals surface area contributed by atoms with E-state index in [0.29, 0.717) is 10.7 Å². The van der Waals surface area contributed by atoms with Gasteiger partial charge in [0.2, 0.25) is 5.91 Å². The SMILES string of the molecule is CC[C@H](C)[C@@H]1NC(c2ccccc2)c2cc(Cl)ccc2N(CC(=O)O)C1=O. The lowest BCUT2D eigenvalue weighted by Crippen LogP contribution is -2.50. The summed E-state index contributed by atoms with van der Waals surface area (Å²) in [5.41, 5.74) is 2.38. The number of benzene rings is 2. The quantitative estimate of drug-likeness (QED) is 0.818. The largest absolute Gasteiger partial charge is 0.480 e. The minimum atomic E-state index is -1.05. The van der Waals surface area contributed by atoms with Crippen LogP contribution in [0.4, 0.5) is 5.69 Å². The van der Waals surface area contributed by atoms with Crippen LogP contribution in [0.2, 0.25) is 5.02 Å². The Balaban J connectivity index is 2.20. The monoisotopic (exact) mass is 386 g/mol. The summed E-state index contributed by atoms with van der Waals surface area (Å²) in [6.07, 6.45) is 0.795. The lowest BCUT2D eigenvalue weighted by atomic mass is 9.94. The van der Waals surface area contributed by atoms with Crippen molar-refractivity contribution in [3.63, 3.8) is 0 Å². The van der Waals surface area contributed by atoms with Crippen molar-refractivity contribution in [2.75, 3.05) is 11.4 Å². The van der Waals surface area contributed by atoms with Gasteiger partial charge in [-0.2, -0.15) is 0 Å². The minimum Gasteiger partial charge on any atom is -0.480 e. The Kier molecular flexibility index (Phi) is 5.82. The number of hydrogen-bond donors (Lipinski definition) is 2. The van der Waals surface area contributed by atoms with Crippen LogP contribution in [0.25, 0.3) is 0 Å². The molecule has 3 atom stereocenters. The summed E-state index contributed by atoms with van der Waals surface area (Å²) in [6, 6.07) is 14.3. The highest BCUT2D eigenvalue weighted by Gasteiger charge is 2.38. The van der Waals surface area contributed by atoms with Crippen LogP contribution in [0, 0.1) is 5.92 Å². The van der Waals surface area contributed by atoms with Crippen LogP contribution in [-0.2, 0) is 9.59 Å². The van der Waals surface area contributed by atoms with Crippen molar-refractivity contribution >= 4 is 29.2 Å². The number of aliphatic carboxylic acids is 1. The van der Waals surface area contributed by atoms with Crippen LogP contribution in [0.1, 0.15) is 37.4 Å². The highest BCUT2D eigenvalue weighted by molar-refractivity contribution is 6.30. The van der Waals surface area contributed by atoms with Crippen LogP contribution >= 0.6 is 11.6 Å². The van der Waals surface area contributed by atoms with Crippen LogP contribution in [0.15, 0.2) is 48.5 Å². The van der Waals surface area contributed by atoms with Crippen molar-refractivity contribution in [1.82, 2.24) is 5.32 Å². The summed E-state index contributed by atoms with van der Waals surface area (Å²) in [5, 5.41) is 13.4. The molecule has 2 aromatic rings. The molecule has 0 saturated carbocycles. The maximum Gasteiger partial charge on any atom is 0.323 e. The molecule has 0 fully saturated rings. The summed E-state index contributed by atoms with van der Waals surface area (Å²) >= 11 is 6.25. The average Bonchev–Trinajstić information content (AvgIpc) is 2.77. The summed E-state index contributed by atoms with van der Waals surface area (Å²) in [7, 11) is 0. The van der Waals surface area contributed by atoms with E-state index in [1.54, 1.807) is 12.1 Å². The Labute approximate surface area is 163 Å². The van der Waals surface area contributed by atoms with Crippen molar-refractivity contribution in [3.05, 3.63) is 64.7 Å². The first-order chi connectivity index (χ1) is 12.9. The zero-order valence-electron chi connectivity index (χ0n) is 15.4. The van der Waals surface area contributed by atoms with Gasteiger partial charge in [-0.25, -0.2) is 0 Å². The molecule has 0 spiro atoms. The Morgan fingerprint density at radius 1 is 1.26 bits per heavy atom. The molecule has 1 unspecified atom stereocenters. The predicted molar refractivity (Wildman–Crippen MR) is 106 cm³/mol. The molecule has 1 aliphatic heterocycles. The van der Waals surface area contributed by atoms with Crippen molar-refractivity contribution in [2.24, 2.45) is 5.92 Å². The number of halogens is 1. The number of hydrogen-bond acceptors (Lipinski definition) is 3. The van der Waals surface area contributed by atoms with Gasteiger partial charge >= 0.3 is 5.97 Å². The summed E-state index contributed by atoms with van der Waals surface area (Å²) in [5.74, 6) is -1.23. The highest BCUT2D eigenvalue weighted by atomic mass is 35.5. The highest BCUT2D eigenvalue weighted by Crippen LogP contribution is 2.37. The van der Waals surface area contributed by atoms with E-state index in [1.807, 2.05) is 50.2 Å². The van der Waals surface area contributed by atoms with Gasteiger partial charge in [0.1, 0.15) is 6.54 Å². The molecule has 0 bridgehead atoms. The smallest absolute Gasteiger partial charge is 0.323 e. The summed E-state index contributed by atoms with van der Waals surface area (Å²) in [4.78, 5) is 26.1. The molecule has 2 N–H and O–H groups in total. The maximum absolute atomic E-state index is 13.3. The molecule has 27 heavy (non-hydrogen) atoms. The number of nitrogens with one attached hydrogen (secondary N) is 1. The molecule has 5 nitrogen and oxygen atoms in total. The molecule has 1 amide bonds. The Morgan fingerprint density at radius 2 is 1.96 bits per heavy atom. The molecular weight excluding hydrogens is 364 g/mol. The number of carboxylic acid groups (broad SMARTS) is 1. The first-order valence-corrected chi connectivity index (χ1v) is 9.43. The van der Waals surface area contributed by atoms with Crippen LogP contribution < -0.4 is 10.2 Å². The van der Waals surface area contributed by atoms with Gasteiger partial charge in [0.25, 0.3) is 0 Å². The maximum atomic E-state index is 13.3. The van der Waals surface area contributed by atoms with E-state index in [0.717, 1.165) is 17.5 Å². The van der Waals surface area contributed by atoms with Crippen molar-refractivity contribution in [1.29, 1.82) is 0 Å². The van der Waals surface area contributed by atoms with Crippen molar-refractivity contribution in [2.45, 2.75) is 32.4 Å². The number of nitrogens with zero attached hydrogens (tertiary/aromatic N) is 1. The molecule has 1 heterocycles. The third-order valence-electron chi connectivity index (χ3n) is 5.11. The average molecular weight is 387 g/mol. The molecule has 3 rings (SSSR count). The van der Waals surface area contributed by atoms with E-state index in [2.05, 4.69) is 5.32 Å². The van der Waals surface area contributed by atoms with Crippen LogP contribution in [0.5, 0.6) is 0 Å². The molecular formula is C21H23ClN2O3. The van der Waals surface area contributed by atoms with Crippen molar-refractivity contribution in [3.8, 4) is 0 Å². The third kappa shape index (κ3) is 3.99. The second-order valence-corrected chi connectivity index (χ2v) is 7.33. The predicted octanol–water partition coefficient (Wildman–Crippen LogP) is 3.86. The zero-order valence-corrected chi connectivity index (χ0v) is 16.1. The minimum absolute atomic E-state index is 0.0461. The molecule has 0 aromatic heterocycles. The van der Waals surface area contributed by atoms with E-state index < -0.39 is 12.0 Å². The second kappa shape index (κ2) is 8.11. The second-order valence-electron chi connectivity index (χ2n) is 6.89. The van der Waals surface area contributed by atoms with Gasteiger partial charge < -0.3 is 5.11 Å². The van der Waals surface area contributed by atoms with Crippen molar-refractivity contribution < 1.29 is 14.7 Å². The van der Waals surface area contributed by atoms with E-state index in [4.69, 9.17) is 11.6 Å². The van der Waals surface area contributed by atoms with E-state index in [9.17, 15) is 14.7 Å². The number of fused-ring (bicyclic) bond motifs is 1. The van der Waals surface area contributed by atoms with Crippen LogP contribution in [-0.4, -0.2) is 29.6 Å². The fourth-order valence-corrected chi connectivity index (χ4v) is 3.67. The van der Waals surface area contributed by atoms with Gasteiger partial charge in [-0.3, -0.25) is 19.8 Å². The van der Waals surface area contributed by atoms with Gasteiger partial charge in [0, 0.05) is 10.7 Å². The number of rotatable bonds is 5. The standard InChI is InChI=1S/C21H23ClN2O3/c1-3-13(2)19-21(27)24(12-18(25)26)17-10-9-15(22)11-16(17)20(23-19)14-7-5-4-6-8-14/h4-11,13,19-20,23H,3,12H2,1-2H3,(H,25,26)/t13-,19-,20?/m0/s1. The number of amides is 1. The topological polar surface area (TPSA) is 69.6 Å². The van der Waals surface area contributed by atoms with Gasteiger partial charge in [0.15, 0.2) is 0 Å². The van der Waals surface area contributed by atoms with E-state index in [1.165, 1.54) is 4.90 Å². The normalized spacial score (nSPS) is 20.7. The third-order valence-corrected chi connectivity index (χ3v) is 5.34. The van der Waals surface area contributed by atoms with E-state index in [-0.39, 0.29) is 24.4 Å². The number of carbonyl (C=O) groups excluding carboxylic acids is 1. The molecule has 1 aliphatic rings. The zero-order chi connectivity index (χ0) is 19.6. The van der Waals surface area contributed by atoms with Gasteiger partial charge in [0.05, 0.1) is 12.1 Å². The molecule has 6 heteroatoms. The Morgan fingerprint density at radius 3 is 2.59 bits per heavy atom. The van der Waals surface area contributed by atoms with Gasteiger partial charge in [-0.15, -0.1) is 0 Å². The van der Waals surface area contributed by atoms with Gasteiger partial charge in [-0.05, 0) is 35.2 Å². The molecule has 0 radical (unpaired) electrons. The molecule has 142 valence electrons. The lowest BCUT2D eigenvalue weighted by molar-refractivity contribution is -0.137. The Bertz CT molecular complexity index is 841. The first-order valence-electron chi connectivity index (χ1n) is 9.06. The number of carbonyl (C=O) groups is 2. The summed E-state index contributed by atoms with van der Waals surface area (Å²) < 4.78 is 0. The fraction of sp³-hybridized carbons (Fsp3) is 0.333. The number of carboxylic acids is 1. The molecule has 0 saturated heterocycles. The molecule has 2 aromatic carbocycles. The lowest BCUT2D eigenvalue weighted by Gasteiger charge is -2.28. The molecule has 0 aliphatic carbocycles. The van der Waals surface area contributed by atoms with Crippen LogP contribution in [0.3, 0.4) is 0 Å². The fourth-order valence-electron chi connectivity index (χ4n) is 3.49. The first kappa shape index (κ1) is 19.4. The number of anilines is 1.